The smallest absolute Gasteiger partial charge is 0.387 e. The van der Waals surface area contributed by atoms with Crippen LogP contribution in [0.5, 0.6) is 5.75 Å². The molecule has 1 saturated heterocycles. The Kier molecular flexibility index (Phi) is 5.74. The van der Waals surface area contributed by atoms with Crippen molar-refractivity contribution in [1.29, 1.82) is 0 Å². The van der Waals surface area contributed by atoms with E-state index in [1.165, 1.54) is 10.9 Å². The summed E-state index contributed by atoms with van der Waals surface area (Å²) in [7, 11) is 0. The lowest BCUT2D eigenvalue weighted by Crippen LogP contribution is -2.31. The van der Waals surface area contributed by atoms with Crippen LogP contribution >= 0.6 is 0 Å². The quantitative estimate of drug-likeness (QED) is 0.420. The maximum Gasteiger partial charge on any atom is 0.387 e. The van der Waals surface area contributed by atoms with Crippen molar-refractivity contribution in [2.45, 2.75) is 32.4 Å². The van der Waals surface area contributed by atoms with Crippen molar-refractivity contribution in [3.8, 4) is 22.8 Å². The highest BCUT2D eigenvalue weighted by molar-refractivity contribution is 5.98. The Balaban J connectivity index is 1.45. The first kappa shape index (κ1) is 21.7. The van der Waals surface area contributed by atoms with Gasteiger partial charge in [0.1, 0.15) is 11.8 Å². The molecule has 11 heteroatoms. The minimum absolute atomic E-state index is 0.0553. The standard InChI is InChI=1S/C23H20F2N6O3/c1-14-8-9-17(31-26-10-11-27-31)16(13-14)22(32)30-12-4-6-18(30)21-28-20(29-34-21)15-5-2-3-7-19(15)33-23(24)25/h2-3,5,7-11,13,18,23H,4,6,12H2,1H3. The van der Waals surface area contributed by atoms with Crippen LogP contribution in [0.25, 0.3) is 17.1 Å². The molecular formula is C23H20F2N6O3. The number of alkyl halides is 2. The van der Waals surface area contributed by atoms with Gasteiger partial charge in [0.15, 0.2) is 0 Å². The predicted octanol–water partition coefficient (Wildman–Crippen LogP) is 4.20. The summed E-state index contributed by atoms with van der Waals surface area (Å²) in [6, 6.07) is 11.3. The molecule has 0 N–H and O–H groups in total. The van der Waals surface area contributed by atoms with Crippen molar-refractivity contribution in [1.82, 2.24) is 30.0 Å². The number of aryl methyl sites for hydroxylation is 1. The van der Waals surface area contributed by atoms with E-state index in [2.05, 4.69) is 25.1 Å². The molecule has 1 aliphatic rings. The average molecular weight is 466 g/mol. The number of amides is 1. The van der Waals surface area contributed by atoms with E-state index in [9.17, 15) is 13.6 Å². The molecule has 2 aromatic carbocycles. The molecule has 0 aliphatic carbocycles. The lowest BCUT2D eigenvalue weighted by atomic mass is 10.1. The van der Waals surface area contributed by atoms with Crippen molar-refractivity contribution in [2.24, 2.45) is 0 Å². The Labute approximate surface area is 192 Å². The molecule has 3 heterocycles. The molecule has 9 nitrogen and oxygen atoms in total. The third-order valence-corrected chi connectivity index (χ3v) is 5.60. The summed E-state index contributed by atoms with van der Waals surface area (Å²) in [5.74, 6) is 0.0849. The molecule has 2 aromatic heterocycles. The molecule has 0 saturated carbocycles. The van der Waals surface area contributed by atoms with Gasteiger partial charge in [0.2, 0.25) is 11.7 Å². The van der Waals surface area contributed by atoms with Crippen LogP contribution in [0.3, 0.4) is 0 Å². The number of carbonyl (C=O) groups excluding carboxylic acids is 1. The highest BCUT2D eigenvalue weighted by Gasteiger charge is 2.36. The molecule has 0 bridgehead atoms. The molecule has 5 rings (SSSR count). The minimum atomic E-state index is -2.98. The van der Waals surface area contributed by atoms with Crippen LogP contribution in [-0.4, -0.2) is 49.1 Å². The maximum atomic E-state index is 13.6. The van der Waals surface area contributed by atoms with E-state index in [0.29, 0.717) is 24.2 Å². The molecule has 1 amide bonds. The number of hydrogen-bond acceptors (Lipinski definition) is 7. The summed E-state index contributed by atoms with van der Waals surface area (Å²) in [5, 5.41) is 12.3. The number of rotatable bonds is 6. The van der Waals surface area contributed by atoms with Crippen molar-refractivity contribution < 1.29 is 22.8 Å². The lowest BCUT2D eigenvalue weighted by molar-refractivity contribution is -0.0494. The van der Waals surface area contributed by atoms with Gasteiger partial charge in [-0.1, -0.05) is 28.9 Å². The highest BCUT2D eigenvalue weighted by Crippen LogP contribution is 2.35. The first-order valence-electron chi connectivity index (χ1n) is 10.7. The predicted molar refractivity (Wildman–Crippen MR) is 115 cm³/mol. The highest BCUT2D eigenvalue weighted by atomic mass is 19.3. The van der Waals surface area contributed by atoms with Gasteiger partial charge in [0.05, 0.1) is 29.2 Å². The fourth-order valence-electron chi connectivity index (χ4n) is 4.09. The zero-order valence-corrected chi connectivity index (χ0v) is 18.1. The fraction of sp³-hybridized carbons (Fsp3) is 0.261. The Morgan fingerprint density at radius 3 is 2.76 bits per heavy atom. The number of halogens is 2. The average Bonchev–Trinajstić information content (AvgIpc) is 3.60. The van der Waals surface area contributed by atoms with E-state index in [4.69, 9.17) is 4.52 Å². The summed E-state index contributed by atoms with van der Waals surface area (Å²) in [5.41, 5.74) is 2.22. The minimum Gasteiger partial charge on any atom is -0.434 e. The first-order chi connectivity index (χ1) is 16.5. The zero-order valence-electron chi connectivity index (χ0n) is 18.1. The summed E-state index contributed by atoms with van der Waals surface area (Å²) in [6.07, 6.45) is 4.47. The van der Waals surface area contributed by atoms with Gasteiger partial charge < -0.3 is 14.2 Å². The number of nitrogens with zero attached hydrogens (tertiary/aromatic N) is 6. The van der Waals surface area contributed by atoms with Crippen LogP contribution < -0.4 is 4.74 Å². The Bertz CT molecular complexity index is 1310. The monoisotopic (exact) mass is 466 g/mol. The molecule has 174 valence electrons. The number of aromatic nitrogens is 5. The van der Waals surface area contributed by atoms with Crippen molar-refractivity contribution in [3.63, 3.8) is 0 Å². The molecule has 0 radical (unpaired) electrons. The molecule has 1 atom stereocenters. The van der Waals surface area contributed by atoms with Gasteiger partial charge in [0.25, 0.3) is 5.91 Å². The van der Waals surface area contributed by atoms with E-state index < -0.39 is 12.7 Å². The largest absolute Gasteiger partial charge is 0.434 e. The van der Waals surface area contributed by atoms with Crippen LogP contribution in [0.4, 0.5) is 8.78 Å². The van der Waals surface area contributed by atoms with E-state index in [1.807, 2.05) is 13.0 Å². The second-order valence-electron chi connectivity index (χ2n) is 7.83. The summed E-state index contributed by atoms with van der Waals surface area (Å²) >= 11 is 0. The third kappa shape index (κ3) is 4.12. The van der Waals surface area contributed by atoms with Gasteiger partial charge >= 0.3 is 6.61 Å². The van der Waals surface area contributed by atoms with Gasteiger partial charge in [-0.15, -0.1) is 0 Å². The third-order valence-electron chi connectivity index (χ3n) is 5.60. The van der Waals surface area contributed by atoms with E-state index >= 15 is 0 Å². The summed E-state index contributed by atoms with van der Waals surface area (Å²) < 4.78 is 35.6. The number of para-hydroxylation sites is 1. The molecule has 4 aromatic rings. The van der Waals surface area contributed by atoms with E-state index in [1.54, 1.807) is 47.6 Å². The van der Waals surface area contributed by atoms with Crippen molar-refractivity contribution in [3.05, 3.63) is 71.9 Å². The van der Waals surface area contributed by atoms with E-state index in [-0.39, 0.29) is 28.9 Å². The van der Waals surface area contributed by atoms with Crippen LogP contribution in [-0.2, 0) is 0 Å². The Hall–Kier alpha value is -4.15. The van der Waals surface area contributed by atoms with Crippen LogP contribution in [0, 0.1) is 6.92 Å². The van der Waals surface area contributed by atoms with Crippen LogP contribution in [0.1, 0.15) is 40.7 Å². The second kappa shape index (κ2) is 9.00. The van der Waals surface area contributed by atoms with E-state index in [0.717, 1.165) is 12.0 Å². The summed E-state index contributed by atoms with van der Waals surface area (Å²) in [6.45, 7) is -0.572. The number of likely N-dealkylation sites (tertiary alicyclic amines) is 1. The molecule has 34 heavy (non-hydrogen) atoms. The van der Waals surface area contributed by atoms with Crippen LogP contribution in [0.15, 0.2) is 59.4 Å². The zero-order chi connectivity index (χ0) is 23.7. The second-order valence-corrected chi connectivity index (χ2v) is 7.83. The summed E-state index contributed by atoms with van der Waals surface area (Å²) in [4.78, 5) is 21.1. The van der Waals surface area contributed by atoms with Crippen LogP contribution in [0.2, 0.25) is 0 Å². The van der Waals surface area contributed by atoms with Gasteiger partial charge in [-0.05, 0) is 44.0 Å². The van der Waals surface area contributed by atoms with Gasteiger partial charge in [-0.25, -0.2) is 0 Å². The number of benzene rings is 2. The normalized spacial score (nSPS) is 15.8. The first-order valence-corrected chi connectivity index (χ1v) is 10.7. The van der Waals surface area contributed by atoms with Crippen molar-refractivity contribution >= 4 is 5.91 Å². The van der Waals surface area contributed by atoms with Crippen molar-refractivity contribution in [2.75, 3.05) is 6.54 Å². The molecule has 1 aliphatic heterocycles. The number of carbonyl (C=O) groups is 1. The van der Waals surface area contributed by atoms with Gasteiger partial charge in [0, 0.05) is 6.54 Å². The topological polar surface area (TPSA) is 99.2 Å². The SMILES string of the molecule is Cc1ccc(-n2nccn2)c(C(=O)N2CCCC2c2nc(-c3ccccc3OC(F)F)no2)c1. The lowest BCUT2D eigenvalue weighted by Gasteiger charge is -2.23. The Morgan fingerprint density at radius 2 is 1.97 bits per heavy atom. The number of ether oxygens (including phenoxy) is 1. The van der Waals surface area contributed by atoms with Gasteiger partial charge in [-0.2, -0.15) is 28.8 Å². The molecule has 1 unspecified atom stereocenters. The maximum absolute atomic E-state index is 13.6. The molecule has 1 fully saturated rings. The molecule has 0 spiro atoms. The molecular weight excluding hydrogens is 446 g/mol. The number of hydrogen-bond donors (Lipinski definition) is 0. The fourth-order valence-corrected chi connectivity index (χ4v) is 4.09. The van der Waals surface area contributed by atoms with Gasteiger partial charge in [-0.3, -0.25) is 4.79 Å². The Morgan fingerprint density at radius 1 is 1.18 bits per heavy atom.